The number of hydrogen-bond acceptors (Lipinski definition) is 4. The molecule has 2 unspecified atom stereocenters. The van der Waals surface area contributed by atoms with Crippen molar-refractivity contribution in [3.05, 3.63) is 28.8 Å². The predicted molar refractivity (Wildman–Crippen MR) is 55.9 cm³/mol. The second-order valence-electron chi connectivity index (χ2n) is 3.03. The molecule has 0 heterocycles. The largest absolute Gasteiger partial charge is 0.399 e. The Balaban J connectivity index is 2.99. The first kappa shape index (κ1) is 11.3. The van der Waals surface area contributed by atoms with Crippen molar-refractivity contribution in [3.63, 3.8) is 0 Å². The number of aliphatic hydroxyl groups is 2. The second kappa shape index (κ2) is 4.61. The lowest BCUT2D eigenvalue weighted by atomic mass is 10.0. The molecule has 0 saturated carbocycles. The van der Waals surface area contributed by atoms with Crippen LogP contribution in [0.15, 0.2) is 18.2 Å². The van der Waals surface area contributed by atoms with E-state index in [9.17, 15) is 10.2 Å². The molecular formula is C9H13ClN2O2. The van der Waals surface area contributed by atoms with Crippen LogP contribution in [-0.4, -0.2) is 22.9 Å². The maximum absolute atomic E-state index is 9.62. The van der Waals surface area contributed by atoms with Gasteiger partial charge in [0.1, 0.15) is 6.10 Å². The number of benzene rings is 1. The van der Waals surface area contributed by atoms with Crippen LogP contribution in [0.2, 0.25) is 5.02 Å². The van der Waals surface area contributed by atoms with Crippen molar-refractivity contribution < 1.29 is 10.2 Å². The molecule has 6 N–H and O–H groups in total. The third kappa shape index (κ3) is 2.36. The van der Waals surface area contributed by atoms with Gasteiger partial charge >= 0.3 is 0 Å². The van der Waals surface area contributed by atoms with E-state index in [2.05, 4.69) is 0 Å². The van der Waals surface area contributed by atoms with Gasteiger partial charge in [0.15, 0.2) is 0 Å². The highest BCUT2D eigenvalue weighted by Gasteiger charge is 2.19. The van der Waals surface area contributed by atoms with Crippen molar-refractivity contribution in [2.45, 2.75) is 12.2 Å². The van der Waals surface area contributed by atoms with Crippen LogP contribution in [0.25, 0.3) is 0 Å². The lowest BCUT2D eigenvalue weighted by Gasteiger charge is -2.17. The van der Waals surface area contributed by atoms with Gasteiger partial charge in [0.05, 0.1) is 6.10 Å². The van der Waals surface area contributed by atoms with Crippen LogP contribution in [0, 0.1) is 0 Å². The molecule has 4 nitrogen and oxygen atoms in total. The first-order valence-corrected chi connectivity index (χ1v) is 4.55. The van der Waals surface area contributed by atoms with Crippen LogP contribution in [0.3, 0.4) is 0 Å². The molecule has 0 radical (unpaired) electrons. The highest BCUT2D eigenvalue weighted by Crippen LogP contribution is 2.26. The normalized spacial score (nSPS) is 15.1. The first-order chi connectivity index (χ1) is 6.56. The van der Waals surface area contributed by atoms with Gasteiger partial charge in [0.2, 0.25) is 0 Å². The molecular weight excluding hydrogens is 204 g/mol. The summed E-state index contributed by atoms with van der Waals surface area (Å²) in [5.74, 6) is 0. The summed E-state index contributed by atoms with van der Waals surface area (Å²) in [6.45, 7) is -0.0354. The Kier molecular flexibility index (Phi) is 3.71. The van der Waals surface area contributed by atoms with E-state index >= 15 is 0 Å². The number of rotatable bonds is 3. The van der Waals surface area contributed by atoms with Gasteiger partial charge < -0.3 is 21.7 Å². The molecule has 1 rings (SSSR count). The lowest BCUT2D eigenvalue weighted by molar-refractivity contribution is 0.0244. The molecule has 0 aliphatic heterocycles. The van der Waals surface area contributed by atoms with Gasteiger partial charge in [-0.2, -0.15) is 0 Å². The van der Waals surface area contributed by atoms with Crippen LogP contribution in [0.4, 0.5) is 5.69 Å². The minimum atomic E-state index is -1.10. The minimum absolute atomic E-state index is 0.0354. The van der Waals surface area contributed by atoms with Crippen LogP contribution in [0.5, 0.6) is 0 Å². The zero-order chi connectivity index (χ0) is 10.7. The summed E-state index contributed by atoms with van der Waals surface area (Å²) in [6, 6.07) is 4.71. The summed E-state index contributed by atoms with van der Waals surface area (Å²) in [7, 11) is 0. The fourth-order valence-electron chi connectivity index (χ4n) is 1.13. The van der Waals surface area contributed by atoms with Crippen molar-refractivity contribution in [2.24, 2.45) is 5.73 Å². The van der Waals surface area contributed by atoms with E-state index < -0.39 is 12.2 Å². The van der Waals surface area contributed by atoms with Gasteiger partial charge in [0, 0.05) is 22.8 Å². The molecule has 0 aliphatic rings. The molecule has 2 atom stereocenters. The molecule has 0 fully saturated rings. The third-order valence-electron chi connectivity index (χ3n) is 1.94. The van der Waals surface area contributed by atoms with Crippen LogP contribution < -0.4 is 11.5 Å². The molecule has 0 amide bonds. The Morgan fingerprint density at radius 1 is 1.36 bits per heavy atom. The minimum Gasteiger partial charge on any atom is -0.399 e. The Labute approximate surface area is 87.1 Å². The standard InChI is InChI=1S/C9H13ClN2O2/c10-7-2-1-5(12)3-6(7)9(14)8(13)4-11/h1-3,8-9,13-14H,4,11-12H2. The van der Waals surface area contributed by atoms with Gasteiger partial charge in [-0.25, -0.2) is 0 Å². The highest BCUT2D eigenvalue weighted by atomic mass is 35.5. The molecule has 0 aromatic heterocycles. The summed E-state index contributed by atoms with van der Waals surface area (Å²) in [5.41, 5.74) is 11.6. The van der Waals surface area contributed by atoms with Gasteiger partial charge in [-0.15, -0.1) is 0 Å². The van der Waals surface area contributed by atoms with Crippen molar-refractivity contribution >= 4 is 17.3 Å². The molecule has 0 bridgehead atoms. The van der Waals surface area contributed by atoms with Gasteiger partial charge in [-0.05, 0) is 18.2 Å². The van der Waals surface area contributed by atoms with E-state index in [4.69, 9.17) is 23.1 Å². The second-order valence-corrected chi connectivity index (χ2v) is 3.44. The Morgan fingerprint density at radius 3 is 2.57 bits per heavy atom. The SMILES string of the molecule is NCC(O)C(O)c1cc(N)ccc1Cl. The van der Waals surface area contributed by atoms with Crippen molar-refractivity contribution in [1.29, 1.82) is 0 Å². The first-order valence-electron chi connectivity index (χ1n) is 4.17. The van der Waals surface area contributed by atoms with E-state index in [-0.39, 0.29) is 6.54 Å². The average Bonchev–Trinajstić information content (AvgIpc) is 2.19. The fraction of sp³-hybridized carbons (Fsp3) is 0.333. The number of anilines is 1. The number of hydrogen-bond donors (Lipinski definition) is 4. The molecule has 5 heteroatoms. The Morgan fingerprint density at radius 2 is 2.00 bits per heavy atom. The lowest BCUT2D eigenvalue weighted by Crippen LogP contribution is -2.27. The number of aliphatic hydroxyl groups excluding tert-OH is 2. The maximum atomic E-state index is 9.62. The zero-order valence-corrected chi connectivity index (χ0v) is 8.28. The van der Waals surface area contributed by atoms with Crippen LogP contribution >= 0.6 is 11.6 Å². The zero-order valence-electron chi connectivity index (χ0n) is 7.52. The summed E-state index contributed by atoms with van der Waals surface area (Å²) >= 11 is 5.82. The van der Waals surface area contributed by atoms with Gasteiger partial charge in [0.25, 0.3) is 0 Å². The van der Waals surface area contributed by atoms with E-state index in [1.807, 2.05) is 0 Å². The quantitative estimate of drug-likeness (QED) is 0.546. The number of halogens is 1. The van der Waals surface area contributed by atoms with Crippen LogP contribution in [0.1, 0.15) is 11.7 Å². The summed E-state index contributed by atoms with van der Waals surface area (Å²) in [6.07, 6.45) is -2.13. The number of nitrogens with two attached hydrogens (primary N) is 2. The van der Waals surface area contributed by atoms with Gasteiger partial charge in [-0.3, -0.25) is 0 Å². The van der Waals surface area contributed by atoms with Crippen molar-refractivity contribution in [1.82, 2.24) is 0 Å². The molecule has 0 spiro atoms. The molecule has 1 aromatic rings. The summed E-state index contributed by atoms with van der Waals surface area (Å²) < 4.78 is 0. The van der Waals surface area contributed by atoms with E-state index in [0.717, 1.165) is 0 Å². The van der Waals surface area contributed by atoms with Gasteiger partial charge in [-0.1, -0.05) is 11.6 Å². The van der Waals surface area contributed by atoms with Crippen molar-refractivity contribution in [3.8, 4) is 0 Å². The maximum Gasteiger partial charge on any atom is 0.108 e. The summed E-state index contributed by atoms with van der Waals surface area (Å²) in [5, 5.41) is 19.3. The van der Waals surface area contributed by atoms with E-state index in [0.29, 0.717) is 16.3 Å². The average molecular weight is 217 g/mol. The topological polar surface area (TPSA) is 92.5 Å². The summed E-state index contributed by atoms with van der Waals surface area (Å²) in [4.78, 5) is 0. The molecule has 1 aromatic carbocycles. The Hall–Kier alpha value is -0.810. The van der Waals surface area contributed by atoms with E-state index in [1.165, 1.54) is 6.07 Å². The van der Waals surface area contributed by atoms with Crippen molar-refractivity contribution in [2.75, 3.05) is 12.3 Å². The Bertz CT molecular complexity index is 320. The molecule has 0 saturated heterocycles. The monoisotopic (exact) mass is 216 g/mol. The predicted octanol–water partition coefficient (Wildman–Crippen LogP) is 0.275. The fourth-order valence-corrected chi connectivity index (χ4v) is 1.35. The number of nitrogen functional groups attached to an aromatic ring is 1. The van der Waals surface area contributed by atoms with E-state index in [1.54, 1.807) is 12.1 Å². The molecule has 14 heavy (non-hydrogen) atoms. The van der Waals surface area contributed by atoms with Crippen LogP contribution in [-0.2, 0) is 0 Å². The molecule has 0 aliphatic carbocycles. The third-order valence-corrected chi connectivity index (χ3v) is 2.29. The smallest absolute Gasteiger partial charge is 0.108 e. The highest BCUT2D eigenvalue weighted by molar-refractivity contribution is 6.31. The molecule has 78 valence electrons.